The van der Waals surface area contributed by atoms with Crippen LogP contribution >= 0.6 is 0 Å². The molecule has 1 N–H and O–H groups in total. The lowest BCUT2D eigenvalue weighted by atomic mass is 10.0. The number of benzene rings is 2. The van der Waals surface area contributed by atoms with Crippen molar-refractivity contribution >= 4 is 11.0 Å². The van der Waals surface area contributed by atoms with Crippen molar-refractivity contribution in [2.24, 2.45) is 0 Å². The first kappa shape index (κ1) is 16.0. The lowest BCUT2D eigenvalue weighted by Gasteiger charge is -2.06. The second-order valence-electron chi connectivity index (χ2n) is 5.56. The zero-order valence-electron chi connectivity index (χ0n) is 13.5. The van der Waals surface area contributed by atoms with Gasteiger partial charge in [-0.1, -0.05) is 42.5 Å². The molecule has 0 bridgehead atoms. The number of nitrogens with one attached hydrogen (secondary N) is 1. The number of H-pyrrole nitrogens is 1. The highest BCUT2D eigenvalue weighted by Crippen LogP contribution is 2.23. The van der Waals surface area contributed by atoms with E-state index in [1.165, 1.54) is 0 Å². The number of nitrogens with zero attached hydrogens (tertiary/aromatic N) is 1. The second kappa shape index (κ2) is 7.15. The molecular weight excluding hydrogens is 300 g/mol. The van der Waals surface area contributed by atoms with E-state index in [-0.39, 0.29) is 5.69 Å². The molecule has 1 heterocycles. The highest BCUT2D eigenvalue weighted by molar-refractivity contribution is 5.82. The van der Waals surface area contributed by atoms with Gasteiger partial charge in [-0.15, -0.1) is 13.2 Å². The molecule has 0 aliphatic heterocycles. The Morgan fingerprint density at radius 1 is 1.04 bits per heavy atom. The molecule has 122 valence electrons. The Balaban J connectivity index is 1.88. The molecule has 0 spiro atoms. The van der Waals surface area contributed by atoms with Crippen molar-refractivity contribution < 1.29 is 4.74 Å². The summed E-state index contributed by atoms with van der Waals surface area (Å²) in [4.78, 5) is 14.9. The van der Waals surface area contributed by atoms with Gasteiger partial charge in [-0.3, -0.25) is 4.57 Å². The van der Waals surface area contributed by atoms with E-state index < -0.39 is 0 Å². The van der Waals surface area contributed by atoms with Crippen molar-refractivity contribution in [3.05, 3.63) is 83.8 Å². The maximum atomic E-state index is 12.0. The lowest BCUT2D eigenvalue weighted by molar-refractivity contribution is 0.149. The lowest BCUT2D eigenvalue weighted by Crippen LogP contribution is -2.15. The van der Waals surface area contributed by atoms with Gasteiger partial charge in [0.1, 0.15) is 0 Å². The zero-order chi connectivity index (χ0) is 16.9. The molecule has 0 aliphatic rings. The molecule has 0 unspecified atom stereocenters. The molecular formula is C20H20N2O2. The Kier molecular flexibility index (Phi) is 4.77. The van der Waals surface area contributed by atoms with E-state index in [2.05, 4.69) is 30.3 Å². The molecule has 4 heteroatoms. The monoisotopic (exact) mass is 320 g/mol. The van der Waals surface area contributed by atoms with Crippen LogP contribution in [0.2, 0.25) is 0 Å². The molecule has 3 rings (SSSR count). The molecule has 3 aromatic rings. The smallest absolute Gasteiger partial charge is 0.326 e. The Labute approximate surface area is 140 Å². The first-order valence-corrected chi connectivity index (χ1v) is 7.84. The van der Waals surface area contributed by atoms with Gasteiger partial charge in [-0.05, 0) is 28.8 Å². The highest BCUT2D eigenvalue weighted by Gasteiger charge is 2.07. The van der Waals surface area contributed by atoms with Crippen molar-refractivity contribution in [2.75, 3.05) is 6.61 Å². The third kappa shape index (κ3) is 3.24. The van der Waals surface area contributed by atoms with Gasteiger partial charge in [-0.25, -0.2) is 4.79 Å². The number of aromatic amines is 1. The standard InChI is InChI=1S/C20H20N2O2/c1-3-11-22-19-10-9-17(13-18(19)21-20(22)23)16-7-5-15(6-8-16)14-24-12-4-2/h3-10,13H,1-2,11-12,14H2,(H,21,23). The van der Waals surface area contributed by atoms with Gasteiger partial charge in [0, 0.05) is 6.54 Å². The van der Waals surface area contributed by atoms with Crippen LogP contribution in [0, 0.1) is 0 Å². The van der Waals surface area contributed by atoms with Gasteiger partial charge >= 0.3 is 5.69 Å². The summed E-state index contributed by atoms with van der Waals surface area (Å²) in [5.74, 6) is 0. The second-order valence-corrected chi connectivity index (χ2v) is 5.56. The number of aromatic nitrogens is 2. The van der Waals surface area contributed by atoms with Crippen molar-refractivity contribution in [2.45, 2.75) is 13.2 Å². The van der Waals surface area contributed by atoms with E-state index in [1.807, 2.05) is 30.3 Å². The van der Waals surface area contributed by atoms with Crippen LogP contribution in [-0.2, 0) is 17.9 Å². The fraction of sp³-hybridized carbons (Fsp3) is 0.150. The maximum absolute atomic E-state index is 12.0. The minimum atomic E-state index is -0.114. The van der Waals surface area contributed by atoms with Crippen LogP contribution in [0.25, 0.3) is 22.2 Å². The molecule has 0 atom stereocenters. The van der Waals surface area contributed by atoms with E-state index in [4.69, 9.17) is 4.74 Å². The first-order chi connectivity index (χ1) is 11.7. The Hall–Kier alpha value is -2.85. The number of fused-ring (bicyclic) bond motifs is 1. The predicted molar refractivity (Wildman–Crippen MR) is 98.0 cm³/mol. The van der Waals surface area contributed by atoms with Crippen LogP contribution in [0.1, 0.15) is 5.56 Å². The average Bonchev–Trinajstić information content (AvgIpc) is 2.91. The van der Waals surface area contributed by atoms with Crippen LogP contribution in [0.4, 0.5) is 0 Å². The first-order valence-electron chi connectivity index (χ1n) is 7.84. The van der Waals surface area contributed by atoms with Gasteiger partial charge in [-0.2, -0.15) is 0 Å². The molecule has 1 aromatic heterocycles. The summed E-state index contributed by atoms with van der Waals surface area (Å²) in [5, 5.41) is 0. The fourth-order valence-electron chi connectivity index (χ4n) is 2.71. The Morgan fingerprint density at radius 2 is 1.79 bits per heavy atom. The SMILES string of the molecule is C=CCOCc1ccc(-c2ccc3c(c2)[nH]c(=O)n3CC=C)cc1. The third-order valence-electron chi connectivity index (χ3n) is 3.88. The average molecular weight is 320 g/mol. The van der Waals surface area contributed by atoms with Crippen LogP contribution in [0.5, 0.6) is 0 Å². The third-order valence-corrected chi connectivity index (χ3v) is 3.88. The summed E-state index contributed by atoms with van der Waals surface area (Å²) in [6.45, 7) is 8.95. The maximum Gasteiger partial charge on any atom is 0.326 e. The van der Waals surface area contributed by atoms with Crippen LogP contribution in [0.15, 0.2) is 72.6 Å². The molecule has 0 amide bonds. The van der Waals surface area contributed by atoms with Crippen molar-refractivity contribution in [1.29, 1.82) is 0 Å². The van der Waals surface area contributed by atoms with E-state index in [1.54, 1.807) is 16.7 Å². The van der Waals surface area contributed by atoms with E-state index in [9.17, 15) is 4.79 Å². The quantitative estimate of drug-likeness (QED) is 0.530. The molecule has 0 radical (unpaired) electrons. The molecule has 0 saturated heterocycles. The van der Waals surface area contributed by atoms with Gasteiger partial charge in [0.05, 0.1) is 24.2 Å². The molecule has 0 fully saturated rings. The molecule has 24 heavy (non-hydrogen) atoms. The van der Waals surface area contributed by atoms with Crippen molar-refractivity contribution in [3.63, 3.8) is 0 Å². The predicted octanol–water partition coefficient (Wildman–Crippen LogP) is 3.89. The Bertz CT molecular complexity index is 917. The summed E-state index contributed by atoms with van der Waals surface area (Å²) in [6, 6.07) is 14.2. The van der Waals surface area contributed by atoms with Crippen LogP contribution in [0.3, 0.4) is 0 Å². The summed E-state index contributed by atoms with van der Waals surface area (Å²) in [5.41, 5.74) is 4.88. The normalized spacial score (nSPS) is 10.8. The molecule has 0 saturated carbocycles. The molecule has 2 aromatic carbocycles. The Morgan fingerprint density at radius 3 is 2.50 bits per heavy atom. The minimum absolute atomic E-state index is 0.114. The van der Waals surface area contributed by atoms with Gasteiger partial charge < -0.3 is 9.72 Å². The summed E-state index contributed by atoms with van der Waals surface area (Å²) >= 11 is 0. The van der Waals surface area contributed by atoms with E-state index >= 15 is 0 Å². The van der Waals surface area contributed by atoms with Crippen molar-refractivity contribution in [1.82, 2.24) is 9.55 Å². The summed E-state index contributed by atoms with van der Waals surface area (Å²) < 4.78 is 7.12. The molecule has 4 nitrogen and oxygen atoms in total. The number of hydrogen-bond acceptors (Lipinski definition) is 2. The van der Waals surface area contributed by atoms with Crippen LogP contribution in [-0.4, -0.2) is 16.2 Å². The topological polar surface area (TPSA) is 47.0 Å². The van der Waals surface area contributed by atoms with Gasteiger partial charge in [0.2, 0.25) is 0 Å². The minimum Gasteiger partial charge on any atom is -0.373 e. The number of imidazole rings is 1. The van der Waals surface area contributed by atoms with Crippen molar-refractivity contribution in [3.8, 4) is 11.1 Å². The van der Waals surface area contributed by atoms with Crippen LogP contribution < -0.4 is 5.69 Å². The summed E-state index contributed by atoms with van der Waals surface area (Å²) in [7, 11) is 0. The number of ether oxygens (including phenoxy) is 1. The van der Waals surface area contributed by atoms with E-state index in [0.717, 1.165) is 27.7 Å². The van der Waals surface area contributed by atoms with E-state index in [0.29, 0.717) is 19.8 Å². The fourth-order valence-corrected chi connectivity index (χ4v) is 2.71. The largest absolute Gasteiger partial charge is 0.373 e. The van der Waals surface area contributed by atoms with Gasteiger partial charge in [0.25, 0.3) is 0 Å². The number of hydrogen-bond donors (Lipinski definition) is 1. The summed E-state index contributed by atoms with van der Waals surface area (Å²) in [6.07, 6.45) is 3.46. The van der Waals surface area contributed by atoms with Gasteiger partial charge in [0.15, 0.2) is 0 Å². The highest BCUT2D eigenvalue weighted by atomic mass is 16.5. The number of allylic oxidation sites excluding steroid dienone is 1. The molecule has 0 aliphatic carbocycles. The zero-order valence-corrected chi connectivity index (χ0v) is 13.5. The number of rotatable bonds is 7.